The standard InChI is InChI=1S/C18H28N2O3S2/c1-18(24-2)8-5-9-19(15-18)14-16-6-3-4-7-17(16)25(21,22)20-10-12-23-13-11-20/h3-4,6-7H,5,8-15H2,1-2H3. The molecule has 140 valence electrons. The van der Waals surface area contributed by atoms with Gasteiger partial charge < -0.3 is 4.74 Å². The quantitative estimate of drug-likeness (QED) is 0.780. The Morgan fingerprint density at radius 1 is 1.20 bits per heavy atom. The zero-order valence-corrected chi connectivity index (χ0v) is 16.7. The Bertz CT molecular complexity index is 689. The van der Waals surface area contributed by atoms with Gasteiger partial charge in [0.2, 0.25) is 10.0 Å². The summed E-state index contributed by atoms with van der Waals surface area (Å²) in [6, 6.07) is 7.46. The lowest BCUT2D eigenvalue weighted by Crippen LogP contribution is -2.44. The van der Waals surface area contributed by atoms with E-state index in [0.29, 0.717) is 37.7 Å². The van der Waals surface area contributed by atoms with E-state index in [1.54, 1.807) is 10.4 Å². The second-order valence-corrected chi connectivity index (χ2v) is 10.4. The van der Waals surface area contributed by atoms with Crippen molar-refractivity contribution in [3.8, 4) is 0 Å². The number of piperidine rings is 1. The molecular formula is C18H28N2O3S2. The van der Waals surface area contributed by atoms with E-state index < -0.39 is 10.0 Å². The summed E-state index contributed by atoms with van der Waals surface area (Å²) in [6.45, 7) is 6.84. The molecule has 0 N–H and O–H groups in total. The molecule has 2 aliphatic rings. The van der Waals surface area contributed by atoms with Gasteiger partial charge >= 0.3 is 0 Å². The first-order chi connectivity index (χ1) is 11.9. The second-order valence-electron chi connectivity index (χ2n) is 7.09. The number of hydrogen-bond donors (Lipinski definition) is 0. The van der Waals surface area contributed by atoms with Crippen LogP contribution in [-0.4, -0.2) is 68.0 Å². The Kier molecular flexibility index (Phi) is 6.11. The lowest BCUT2D eigenvalue weighted by molar-refractivity contribution is 0.0730. The molecule has 2 heterocycles. The van der Waals surface area contributed by atoms with Crippen molar-refractivity contribution < 1.29 is 13.2 Å². The van der Waals surface area contributed by atoms with Gasteiger partial charge in [-0.3, -0.25) is 4.90 Å². The summed E-state index contributed by atoms with van der Waals surface area (Å²) in [5, 5.41) is 0. The lowest BCUT2D eigenvalue weighted by Gasteiger charge is -2.39. The molecule has 7 heteroatoms. The van der Waals surface area contributed by atoms with Crippen LogP contribution in [0.15, 0.2) is 29.2 Å². The van der Waals surface area contributed by atoms with Crippen LogP contribution < -0.4 is 0 Å². The Morgan fingerprint density at radius 3 is 2.64 bits per heavy atom. The molecule has 3 rings (SSSR count). The minimum atomic E-state index is -3.46. The number of rotatable bonds is 5. The van der Waals surface area contributed by atoms with Gasteiger partial charge in [-0.1, -0.05) is 18.2 Å². The molecule has 25 heavy (non-hydrogen) atoms. The fourth-order valence-corrected chi connectivity index (χ4v) is 5.94. The first-order valence-corrected chi connectivity index (χ1v) is 11.5. The van der Waals surface area contributed by atoms with Crippen LogP contribution in [0.3, 0.4) is 0 Å². The van der Waals surface area contributed by atoms with Crippen molar-refractivity contribution >= 4 is 21.8 Å². The Hall–Kier alpha value is -0.600. The van der Waals surface area contributed by atoms with Gasteiger partial charge in [0.05, 0.1) is 18.1 Å². The average Bonchev–Trinajstić information content (AvgIpc) is 2.63. The monoisotopic (exact) mass is 384 g/mol. The zero-order chi connectivity index (χ0) is 17.9. The maximum atomic E-state index is 13.1. The van der Waals surface area contributed by atoms with Crippen molar-refractivity contribution in [2.75, 3.05) is 45.6 Å². The zero-order valence-electron chi connectivity index (χ0n) is 15.1. The van der Waals surface area contributed by atoms with Crippen molar-refractivity contribution in [2.45, 2.75) is 36.0 Å². The first-order valence-electron chi connectivity index (χ1n) is 8.88. The van der Waals surface area contributed by atoms with Gasteiger partial charge in [0, 0.05) is 30.9 Å². The van der Waals surface area contributed by atoms with Gasteiger partial charge in [-0.05, 0) is 44.2 Å². The number of ether oxygens (including phenoxy) is 1. The number of sulfonamides is 1. The van der Waals surface area contributed by atoms with Gasteiger partial charge in [0.25, 0.3) is 0 Å². The smallest absolute Gasteiger partial charge is 0.243 e. The molecule has 1 aromatic carbocycles. The summed E-state index contributed by atoms with van der Waals surface area (Å²) >= 11 is 1.91. The van der Waals surface area contributed by atoms with E-state index in [-0.39, 0.29) is 4.75 Å². The summed E-state index contributed by atoms with van der Waals surface area (Å²) in [5.41, 5.74) is 0.902. The van der Waals surface area contributed by atoms with Crippen LogP contribution in [0.4, 0.5) is 0 Å². The molecule has 2 aliphatic heterocycles. The number of likely N-dealkylation sites (tertiary alicyclic amines) is 1. The van der Waals surface area contributed by atoms with E-state index in [9.17, 15) is 8.42 Å². The Balaban J connectivity index is 1.81. The minimum Gasteiger partial charge on any atom is -0.379 e. The van der Waals surface area contributed by atoms with Crippen LogP contribution in [0.1, 0.15) is 25.3 Å². The molecule has 2 saturated heterocycles. The molecule has 5 nitrogen and oxygen atoms in total. The highest BCUT2D eigenvalue weighted by Crippen LogP contribution is 2.33. The van der Waals surface area contributed by atoms with E-state index in [1.807, 2.05) is 30.0 Å². The van der Waals surface area contributed by atoms with Crippen molar-refractivity contribution in [1.29, 1.82) is 0 Å². The SMILES string of the molecule is CSC1(C)CCCN(Cc2ccccc2S(=O)(=O)N2CCOCC2)C1. The van der Waals surface area contributed by atoms with Gasteiger partial charge in [-0.25, -0.2) is 8.42 Å². The molecule has 1 aromatic rings. The largest absolute Gasteiger partial charge is 0.379 e. The predicted molar refractivity (Wildman–Crippen MR) is 102 cm³/mol. The van der Waals surface area contributed by atoms with Gasteiger partial charge in [-0.15, -0.1) is 0 Å². The van der Waals surface area contributed by atoms with Gasteiger partial charge in [0.15, 0.2) is 0 Å². The molecule has 0 amide bonds. The van der Waals surface area contributed by atoms with Crippen molar-refractivity contribution in [3.05, 3.63) is 29.8 Å². The maximum absolute atomic E-state index is 13.1. The van der Waals surface area contributed by atoms with Crippen LogP contribution in [0, 0.1) is 0 Å². The summed E-state index contributed by atoms with van der Waals surface area (Å²) in [6.07, 6.45) is 4.55. The fraction of sp³-hybridized carbons (Fsp3) is 0.667. The lowest BCUT2D eigenvalue weighted by atomic mass is 9.98. The molecule has 2 fully saturated rings. The van der Waals surface area contributed by atoms with E-state index in [1.165, 1.54) is 6.42 Å². The van der Waals surface area contributed by atoms with Crippen LogP contribution in [0.25, 0.3) is 0 Å². The molecule has 0 aromatic heterocycles. The van der Waals surface area contributed by atoms with Crippen LogP contribution in [0.5, 0.6) is 0 Å². The summed E-state index contributed by atoms with van der Waals surface area (Å²) in [5.74, 6) is 0. The molecule has 0 bridgehead atoms. The Labute approximate surface area is 155 Å². The molecule has 1 atom stereocenters. The summed E-state index contributed by atoms with van der Waals surface area (Å²) < 4.78 is 33.3. The van der Waals surface area contributed by atoms with Crippen molar-refractivity contribution in [3.63, 3.8) is 0 Å². The molecule has 0 spiro atoms. The normalized spacial score (nSPS) is 26.6. The topological polar surface area (TPSA) is 49.9 Å². The van der Waals surface area contributed by atoms with Crippen LogP contribution in [0.2, 0.25) is 0 Å². The number of thioether (sulfide) groups is 1. The van der Waals surface area contributed by atoms with E-state index in [2.05, 4.69) is 18.1 Å². The molecule has 0 aliphatic carbocycles. The fourth-order valence-electron chi connectivity index (χ4n) is 3.66. The van der Waals surface area contributed by atoms with Gasteiger partial charge in [-0.2, -0.15) is 16.1 Å². The van der Waals surface area contributed by atoms with E-state index >= 15 is 0 Å². The van der Waals surface area contributed by atoms with E-state index in [0.717, 1.165) is 25.1 Å². The number of nitrogens with zero attached hydrogens (tertiary/aromatic N) is 2. The first kappa shape index (κ1) is 19.2. The highest BCUT2D eigenvalue weighted by molar-refractivity contribution is 8.00. The summed E-state index contributed by atoms with van der Waals surface area (Å²) in [4.78, 5) is 2.85. The van der Waals surface area contributed by atoms with Crippen LogP contribution >= 0.6 is 11.8 Å². The highest BCUT2D eigenvalue weighted by Gasteiger charge is 2.32. The highest BCUT2D eigenvalue weighted by atomic mass is 32.2. The van der Waals surface area contributed by atoms with Crippen LogP contribution in [-0.2, 0) is 21.3 Å². The number of benzene rings is 1. The molecule has 1 unspecified atom stereocenters. The average molecular weight is 385 g/mol. The second kappa shape index (κ2) is 7.96. The third-order valence-electron chi connectivity index (χ3n) is 5.19. The van der Waals surface area contributed by atoms with Crippen molar-refractivity contribution in [1.82, 2.24) is 9.21 Å². The molecular weight excluding hydrogens is 356 g/mol. The minimum absolute atomic E-state index is 0.260. The molecule has 0 radical (unpaired) electrons. The van der Waals surface area contributed by atoms with Gasteiger partial charge in [0.1, 0.15) is 0 Å². The molecule has 0 saturated carbocycles. The third-order valence-corrected chi connectivity index (χ3v) is 8.50. The van der Waals surface area contributed by atoms with Crippen molar-refractivity contribution in [2.24, 2.45) is 0 Å². The third kappa shape index (κ3) is 4.39. The number of hydrogen-bond acceptors (Lipinski definition) is 5. The Morgan fingerprint density at radius 2 is 1.92 bits per heavy atom. The maximum Gasteiger partial charge on any atom is 0.243 e. The summed E-state index contributed by atoms with van der Waals surface area (Å²) in [7, 11) is -3.46. The predicted octanol–water partition coefficient (Wildman–Crippen LogP) is 2.43. The van der Waals surface area contributed by atoms with E-state index in [4.69, 9.17) is 4.74 Å². The number of morpholine rings is 1.